The normalized spacial score (nSPS) is 10.7. The van der Waals surface area contributed by atoms with Gasteiger partial charge in [-0.2, -0.15) is 0 Å². The molecule has 0 aromatic heterocycles. The molecule has 0 atom stereocenters. The average molecular weight is 156 g/mol. The van der Waals surface area contributed by atoms with Gasteiger partial charge in [0.15, 0.2) is 0 Å². The minimum atomic E-state index is 0.883. The molecule has 0 radical (unpaired) electrons. The molecular formula is C10H20O. The number of hydrogen-bond acceptors (Lipinski definition) is 1. The van der Waals surface area contributed by atoms with Gasteiger partial charge in [-0.25, -0.2) is 0 Å². The van der Waals surface area contributed by atoms with Gasteiger partial charge in [0.25, 0.3) is 0 Å². The quantitative estimate of drug-likeness (QED) is 0.405. The van der Waals surface area contributed by atoms with Crippen LogP contribution < -0.4 is 0 Å². The van der Waals surface area contributed by atoms with E-state index < -0.39 is 0 Å². The minimum absolute atomic E-state index is 0.883. The molecule has 1 nitrogen and oxygen atoms in total. The first kappa shape index (κ1) is 10.5. The number of unbranched alkanes of at least 4 members (excludes halogenated alkanes) is 4. The molecule has 1 heteroatoms. The first-order valence-electron chi connectivity index (χ1n) is 4.64. The summed E-state index contributed by atoms with van der Waals surface area (Å²) in [4.78, 5) is 0. The van der Waals surface area contributed by atoms with Crippen LogP contribution in [0.2, 0.25) is 0 Å². The lowest BCUT2D eigenvalue weighted by Crippen LogP contribution is -1.87. The maximum atomic E-state index is 5.18. The van der Waals surface area contributed by atoms with Gasteiger partial charge in [0.1, 0.15) is 0 Å². The molecule has 11 heavy (non-hydrogen) atoms. The Bertz CT molecular complexity index is 86.9. The van der Waals surface area contributed by atoms with E-state index in [0.717, 1.165) is 6.61 Å². The third-order valence-electron chi connectivity index (χ3n) is 1.60. The van der Waals surface area contributed by atoms with Gasteiger partial charge in [0.2, 0.25) is 0 Å². The first-order chi connectivity index (χ1) is 5.41. The summed E-state index contributed by atoms with van der Waals surface area (Å²) in [6.45, 7) is 5.08. The Balaban J connectivity index is 2.79. The molecule has 0 unspecified atom stereocenters. The molecule has 0 aromatic rings. The topological polar surface area (TPSA) is 9.23 Å². The summed E-state index contributed by atoms with van der Waals surface area (Å²) in [5.41, 5.74) is 0. The van der Waals surface area contributed by atoms with Gasteiger partial charge in [-0.3, -0.25) is 0 Å². The highest BCUT2D eigenvalue weighted by Gasteiger charge is 1.86. The van der Waals surface area contributed by atoms with Crippen LogP contribution in [0.5, 0.6) is 0 Å². The molecule has 0 aliphatic rings. The predicted molar refractivity (Wildman–Crippen MR) is 49.5 cm³/mol. The fourth-order valence-electron chi connectivity index (χ4n) is 0.953. The van der Waals surface area contributed by atoms with E-state index in [4.69, 9.17) is 4.74 Å². The minimum Gasteiger partial charge on any atom is -0.502 e. The molecule has 0 amide bonds. The van der Waals surface area contributed by atoms with Gasteiger partial charge in [-0.05, 0) is 13.3 Å². The van der Waals surface area contributed by atoms with Crippen LogP contribution in [-0.4, -0.2) is 6.61 Å². The van der Waals surface area contributed by atoms with Crippen LogP contribution in [0.4, 0.5) is 0 Å². The van der Waals surface area contributed by atoms with Crippen molar-refractivity contribution in [1.82, 2.24) is 0 Å². The maximum Gasteiger partial charge on any atom is 0.0873 e. The van der Waals surface area contributed by atoms with E-state index in [0.29, 0.717) is 0 Å². The molecule has 0 saturated heterocycles. The van der Waals surface area contributed by atoms with E-state index in [2.05, 4.69) is 6.92 Å². The SMILES string of the molecule is C/C=C/OCCCCCCC. The summed E-state index contributed by atoms with van der Waals surface area (Å²) in [5.74, 6) is 0. The third kappa shape index (κ3) is 9.54. The molecule has 0 aromatic carbocycles. The standard InChI is InChI=1S/C10H20O/c1-3-5-6-7-8-10-11-9-4-2/h4,9H,3,5-8,10H2,1-2H3/b9-4+. The van der Waals surface area contributed by atoms with Crippen molar-refractivity contribution >= 4 is 0 Å². The van der Waals surface area contributed by atoms with Crippen LogP contribution in [0.15, 0.2) is 12.3 Å². The molecule has 0 heterocycles. The molecular weight excluding hydrogens is 136 g/mol. The summed E-state index contributed by atoms with van der Waals surface area (Å²) in [6, 6.07) is 0. The molecule has 0 fully saturated rings. The van der Waals surface area contributed by atoms with E-state index in [1.54, 1.807) is 6.26 Å². The molecule has 66 valence electrons. The lowest BCUT2D eigenvalue weighted by molar-refractivity contribution is 0.240. The fraction of sp³-hybridized carbons (Fsp3) is 0.800. The summed E-state index contributed by atoms with van der Waals surface area (Å²) in [5, 5.41) is 0. The summed E-state index contributed by atoms with van der Waals surface area (Å²) >= 11 is 0. The molecule has 0 aliphatic carbocycles. The van der Waals surface area contributed by atoms with Crippen molar-refractivity contribution in [3.8, 4) is 0 Å². The highest BCUT2D eigenvalue weighted by Crippen LogP contribution is 2.02. The van der Waals surface area contributed by atoms with Gasteiger partial charge in [0, 0.05) is 0 Å². The van der Waals surface area contributed by atoms with E-state index >= 15 is 0 Å². The molecule has 0 N–H and O–H groups in total. The molecule has 0 saturated carbocycles. The second kappa shape index (κ2) is 9.54. The van der Waals surface area contributed by atoms with Gasteiger partial charge < -0.3 is 4.74 Å². The second-order valence-corrected chi connectivity index (χ2v) is 2.75. The Labute approximate surface area is 70.4 Å². The molecule has 0 spiro atoms. The summed E-state index contributed by atoms with van der Waals surface area (Å²) in [6.07, 6.45) is 10.2. The van der Waals surface area contributed by atoms with E-state index in [1.165, 1.54) is 32.1 Å². The van der Waals surface area contributed by atoms with Gasteiger partial charge >= 0.3 is 0 Å². The first-order valence-corrected chi connectivity index (χ1v) is 4.64. The smallest absolute Gasteiger partial charge is 0.0873 e. The average Bonchev–Trinajstić information content (AvgIpc) is 2.03. The lowest BCUT2D eigenvalue weighted by Gasteiger charge is -1.99. The van der Waals surface area contributed by atoms with Crippen molar-refractivity contribution in [2.75, 3.05) is 6.61 Å². The second-order valence-electron chi connectivity index (χ2n) is 2.75. The van der Waals surface area contributed by atoms with Crippen molar-refractivity contribution in [3.05, 3.63) is 12.3 Å². The van der Waals surface area contributed by atoms with Gasteiger partial charge in [0.05, 0.1) is 12.9 Å². The van der Waals surface area contributed by atoms with Crippen LogP contribution in [0.3, 0.4) is 0 Å². The van der Waals surface area contributed by atoms with Crippen molar-refractivity contribution in [3.63, 3.8) is 0 Å². The number of allylic oxidation sites excluding steroid dienone is 1. The van der Waals surface area contributed by atoms with Crippen LogP contribution in [0, 0.1) is 0 Å². The number of rotatable bonds is 7. The van der Waals surface area contributed by atoms with Crippen molar-refractivity contribution < 1.29 is 4.74 Å². The lowest BCUT2D eigenvalue weighted by atomic mass is 10.2. The highest BCUT2D eigenvalue weighted by molar-refractivity contribution is 4.64. The van der Waals surface area contributed by atoms with Crippen LogP contribution in [0.1, 0.15) is 46.0 Å². The Morgan fingerprint density at radius 2 is 1.82 bits per heavy atom. The Hall–Kier alpha value is -0.460. The van der Waals surface area contributed by atoms with Gasteiger partial charge in [-0.1, -0.05) is 38.7 Å². The van der Waals surface area contributed by atoms with Crippen LogP contribution in [-0.2, 0) is 4.74 Å². The zero-order chi connectivity index (χ0) is 8.36. The summed E-state index contributed by atoms with van der Waals surface area (Å²) in [7, 11) is 0. The largest absolute Gasteiger partial charge is 0.502 e. The van der Waals surface area contributed by atoms with Gasteiger partial charge in [-0.15, -0.1) is 0 Å². The zero-order valence-electron chi connectivity index (χ0n) is 7.81. The number of hydrogen-bond donors (Lipinski definition) is 0. The highest BCUT2D eigenvalue weighted by atomic mass is 16.5. The molecule has 0 bridgehead atoms. The van der Waals surface area contributed by atoms with Crippen LogP contribution >= 0.6 is 0 Å². The fourth-order valence-corrected chi connectivity index (χ4v) is 0.953. The molecule has 0 aliphatic heterocycles. The Morgan fingerprint density at radius 3 is 2.45 bits per heavy atom. The van der Waals surface area contributed by atoms with Crippen molar-refractivity contribution in [1.29, 1.82) is 0 Å². The predicted octanol–water partition coefficient (Wildman–Crippen LogP) is 3.51. The van der Waals surface area contributed by atoms with E-state index in [9.17, 15) is 0 Å². The summed E-state index contributed by atoms with van der Waals surface area (Å²) < 4.78 is 5.18. The van der Waals surface area contributed by atoms with E-state index in [1.807, 2.05) is 13.0 Å². The molecule has 0 rings (SSSR count). The number of ether oxygens (including phenoxy) is 1. The Kier molecular flexibility index (Phi) is 9.14. The monoisotopic (exact) mass is 156 g/mol. The third-order valence-corrected chi connectivity index (χ3v) is 1.60. The zero-order valence-corrected chi connectivity index (χ0v) is 7.81. The van der Waals surface area contributed by atoms with Crippen LogP contribution in [0.25, 0.3) is 0 Å². The van der Waals surface area contributed by atoms with E-state index in [-0.39, 0.29) is 0 Å². The van der Waals surface area contributed by atoms with Crippen molar-refractivity contribution in [2.24, 2.45) is 0 Å². The maximum absolute atomic E-state index is 5.18. The van der Waals surface area contributed by atoms with Crippen molar-refractivity contribution in [2.45, 2.75) is 46.0 Å². The Morgan fingerprint density at radius 1 is 1.09 bits per heavy atom.